The number of hydrogen-bond acceptors (Lipinski definition) is 2. The quantitative estimate of drug-likeness (QED) is 0.741. The summed E-state index contributed by atoms with van der Waals surface area (Å²) in [6, 6.07) is 4.17. The molecule has 0 saturated carbocycles. The van der Waals surface area contributed by atoms with Crippen LogP contribution in [0.1, 0.15) is 25.2 Å². The van der Waals surface area contributed by atoms with E-state index in [0.29, 0.717) is 0 Å². The highest BCUT2D eigenvalue weighted by Crippen LogP contribution is 2.05. The third-order valence-corrected chi connectivity index (χ3v) is 2.33. The smallest absolute Gasteiger partial charge is 0.0726 e. The number of aliphatic hydroxyl groups is 1. The normalized spacial score (nSPS) is 15.5. The van der Waals surface area contributed by atoms with Gasteiger partial charge in [0.1, 0.15) is 0 Å². The second-order valence-electron chi connectivity index (χ2n) is 3.61. The van der Waals surface area contributed by atoms with E-state index in [0.717, 1.165) is 11.4 Å². The maximum Gasteiger partial charge on any atom is 0.0726 e. The average Bonchev–Trinajstić information content (AvgIpc) is 2.35. The Balaban J connectivity index is 2.73. The van der Waals surface area contributed by atoms with Gasteiger partial charge in [0.25, 0.3) is 0 Å². The molecule has 1 aromatic rings. The van der Waals surface area contributed by atoms with Crippen LogP contribution in [0.15, 0.2) is 12.1 Å². The van der Waals surface area contributed by atoms with E-state index >= 15 is 0 Å². The summed E-state index contributed by atoms with van der Waals surface area (Å²) in [6.07, 6.45) is -0.346. The molecule has 1 heterocycles. The number of rotatable bonds is 3. The maximum absolute atomic E-state index is 9.33. The Morgan fingerprint density at radius 1 is 1.23 bits per heavy atom. The second kappa shape index (κ2) is 3.83. The molecule has 0 radical (unpaired) electrons. The molecule has 0 fully saturated rings. The Morgan fingerprint density at radius 3 is 2.08 bits per heavy atom. The van der Waals surface area contributed by atoms with Gasteiger partial charge in [0, 0.05) is 11.4 Å². The molecule has 0 saturated heterocycles. The van der Waals surface area contributed by atoms with Crippen molar-refractivity contribution in [3.8, 4) is 0 Å². The number of aromatic nitrogens is 1. The molecule has 1 rings (SSSR count). The number of aryl methyl sites for hydroxylation is 2. The summed E-state index contributed by atoms with van der Waals surface area (Å²) < 4.78 is 2.00. The maximum atomic E-state index is 9.33. The minimum Gasteiger partial charge on any atom is -0.391 e. The van der Waals surface area contributed by atoms with Gasteiger partial charge in [-0.05, 0) is 39.8 Å². The summed E-state index contributed by atoms with van der Waals surface area (Å²) in [6.45, 7) is 7.82. The molecule has 0 aliphatic rings. The van der Waals surface area contributed by atoms with E-state index in [4.69, 9.17) is 0 Å². The van der Waals surface area contributed by atoms with Crippen LogP contribution in [0.3, 0.4) is 0 Å². The molecule has 0 aliphatic heterocycles. The van der Waals surface area contributed by atoms with Crippen LogP contribution >= 0.6 is 0 Å². The highest BCUT2D eigenvalue weighted by atomic mass is 16.3. The third-order valence-electron chi connectivity index (χ3n) is 2.33. The van der Waals surface area contributed by atoms with Crippen molar-refractivity contribution in [3.05, 3.63) is 23.5 Å². The highest BCUT2D eigenvalue weighted by molar-refractivity contribution is 5.15. The largest absolute Gasteiger partial charge is 0.391 e. The molecule has 1 aromatic heterocycles. The lowest BCUT2D eigenvalue weighted by atomic mass is 10.2. The SMILES string of the molecule is Cc1ccc(C)n1NC(C)C(C)O. The molecule has 3 nitrogen and oxygen atoms in total. The zero-order valence-corrected chi connectivity index (χ0v) is 8.70. The van der Waals surface area contributed by atoms with E-state index in [1.165, 1.54) is 0 Å². The summed E-state index contributed by atoms with van der Waals surface area (Å²) in [5.74, 6) is 0. The standard InChI is InChI=1S/C10H18N2O/c1-7-5-6-8(2)12(7)11-9(3)10(4)13/h5-6,9-11,13H,1-4H3. The number of hydrogen-bond donors (Lipinski definition) is 2. The fourth-order valence-corrected chi connectivity index (χ4v) is 1.18. The van der Waals surface area contributed by atoms with Gasteiger partial charge in [0.15, 0.2) is 0 Å². The van der Waals surface area contributed by atoms with Crippen molar-refractivity contribution in [2.24, 2.45) is 0 Å². The van der Waals surface area contributed by atoms with Crippen LogP contribution < -0.4 is 5.43 Å². The monoisotopic (exact) mass is 182 g/mol. The summed E-state index contributed by atoms with van der Waals surface area (Å²) >= 11 is 0. The van der Waals surface area contributed by atoms with Gasteiger partial charge in [-0.15, -0.1) is 0 Å². The Bertz CT molecular complexity index is 259. The predicted octanol–water partition coefficient (Wildman–Crippen LogP) is 1.42. The number of nitrogens with one attached hydrogen (secondary N) is 1. The number of nitrogens with zero attached hydrogens (tertiary/aromatic N) is 1. The van der Waals surface area contributed by atoms with Gasteiger partial charge in [-0.3, -0.25) is 4.68 Å². The van der Waals surface area contributed by atoms with Crippen LogP contribution in [0.2, 0.25) is 0 Å². The van der Waals surface area contributed by atoms with Crippen molar-refractivity contribution in [2.45, 2.75) is 39.8 Å². The van der Waals surface area contributed by atoms with Gasteiger partial charge in [-0.25, -0.2) is 0 Å². The first-order chi connectivity index (χ1) is 6.02. The minimum absolute atomic E-state index is 0.0600. The zero-order chi connectivity index (χ0) is 10.0. The summed E-state index contributed by atoms with van der Waals surface area (Å²) in [5.41, 5.74) is 5.54. The predicted molar refractivity (Wildman–Crippen MR) is 54.4 cm³/mol. The summed E-state index contributed by atoms with van der Waals surface area (Å²) in [4.78, 5) is 0. The molecule has 0 aromatic carbocycles. The van der Waals surface area contributed by atoms with Crippen LogP contribution in [0.25, 0.3) is 0 Å². The van der Waals surface area contributed by atoms with E-state index < -0.39 is 0 Å². The lowest BCUT2D eigenvalue weighted by Gasteiger charge is -2.21. The Morgan fingerprint density at radius 2 is 1.69 bits per heavy atom. The van der Waals surface area contributed by atoms with Crippen LogP contribution in [-0.4, -0.2) is 21.9 Å². The Labute approximate surface area is 79.4 Å². The number of aliphatic hydroxyl groups excluding tert-OH is 1. The van der Waals surface area contributed by atoms with Crippen LogP contribution in [0.5, 0.6) is 0 Å². The van der Waals surface area contributed by atoms with Gasteiger partial charge in [-0.2, -0.15) is 0 Å². The first-order valence-corrected chi connectivity index (χ1v) is 4.62. The molecule has 0 bridgehead atoms. The van der Waals surface area contributed by atoms with E-state index in [-0.39, 0.29) is 12.1 Å². The van der Waals surface area contributed by atoms with E-state index in [1.54, 1.807) is 6.92 Å². The van der Waals surface area contributed by atoms with Gasteiger partial charge in [0.2, 0.25) is 0 Å². The van der Waals surface area contributed by atoms with E-state index in [9.17, 15) is 5.11 Å². The lowest BCUT2D eigenvalue weighted by molar-refractivity contribution is 0.172. The van der Waals surface area contributed by atoms with Crippen LogP contribution in [0.4, 0.5) is 0 Å². The third kappa shape index (κ3) is 2.25. The zero-order valence-electron chi connectivity index (χ0n) is 8.70. The fraction of sp³-hybridized carbons (Fsp3) is 0.600. The molecule has 2 N–H and O–H groups in total. The first kappa shape index (κ1) is 10.1. The summed E-state index contributed by atoms with van der Waals surface area (Å²) in [5, 5.41) is 9.33. The average molecular weight is 182 g/mol. The molecule has 0 spiro atoms. The lowest BCUT2D eigenvalue weighted by Crippen LogP contribution is -2.34. The van der Waals surface area contributed by atoms with Crippen molar-refractivity contribution in [1.82, 2.24) is 4.68 Å². The van der Waals surface area contributed by atoms with Crippen molar-refractivity contribution in [3.63, 3.8) is 0 Å². The Kier molecular flexibility index (Phi) is 2.98. The van der Waals surface area contributed by atoms with Crippen LogP contribution in [0, 0.1) is 13.8 Å². The first-order valence-electron chi connectivity index (χ1n) is 4.62. The molecule has 0 aliphatic carbocycles. The minimum atomic E-state index is -0.346. The van der Waals surface area contributed by atoms with Crippen LogP contribution in [-0.2, 0) is 0 Å². The molecular weight excluding hydrogens is 164 g/mol. The fourth-order valence-electron chi connectivity index (χ4n) is 1.18. The highest BCUT2D eigenvalue weighted by Gasteiger charge is 2.09. The van der Waals surface area contributed by atoms with Gasteiger partial charge >= 0.3 is 0 Å². The Hall–Kier alpha value is -0.960. The van der Waals surface area contributed by atoms with Gasteiger partial charge in [0.05, 0.1) is 12.1 Å². The van der Waals surface area contributed by atoms with Gasteiger partial charge < -0.3 is 10.5 Å². The van der Waals surface area contributed by atoms with Gasteiger partial charge in [-0.1, -0.05) is 0 Å². The molecule has 2 unspecified atom stereocenters. The van der Waals surface area contributed by atoms with Crippen molar-refractivity contribution < 1.29 is 5.11 Å². The topological polar surface area (TPSA) is 37.2 Å². The molecule has 3 heteroatoms. The van der Waals surface area contributed by atoms with Crippen molar-refractivity contribution in [2.75, 3.05) is 5.43 Å². The molecule has 13 heavy (non-hydrogen) atoms. The molecule has 0 amide bonds. The van der Waals surface area contributed by atoms with E-state index in [2.05, 4.69) is 17.6 Å². The summed E-state index contributed by atoms with van der Waals surface area (Å²) in [7, 11) is 0. The molecular formula is C10H18N2O. The van der Waals surface area contributed by atoms with Crippen molar-refractivity contribution in [1.29, 1.82) is 0 Å². The van der Waals surface area contributed by atoms with E-state index in [1.807, 2.05) is 25.4 Å². The van der Waals surface area contributed by atoms with Crippen molar-refractivity contribution >= 4 is 0 Å². The molecule has 2 atom stereocenters. The second-order valence-corrected chi connectivity index (χ2v) is 3.61. The molecule has 74 valence electrons.